The SMILES string of the molecule is CC(NC(=O)c1ccc(F)c(N)c1)c1nccs1. The number of anilines is 1. The van der Waals surface area contributed by atoms with Crippen molar-refractivity contribution in [2.24, 2.45) is 0 Å². The molecule has 6 heteroatoms. The fourth-order valence-electron chi connectivity index (χ4n) is 1.48. The van der Waals surface area contributed by atoms with Crippen LogP contribution < -0.4 is 11.1 Å². The van der Waals surface area contributed by atoms with E-state index >= 15 is 0 Å². The normalized spacial score (nSPS) is 12.1. The Kier molecular flexibility index (Phi) is 3.57. The topological polar surface area (TPSA) is 68.0 Å². The monoisotopic (exact) mass is 265 g/mol. The van der Waals surface area contributed by atoms with Gasteiger partial charge >= 0.3 is 0 Å². The second kappa shape index (κ2) is 5.14. The summed E-state index contributed by atoms with van der Waals surface area (Å²) in [5, 5.41) is 5.44. The second-order valence-corrected chi connectivity index (χ2v) is 4.73. The molecule has 0 saturated heterocycles. The molecule has 1 aromatic heterocycles. The van der Waals surface area contributed by atoms with Gasteiger partial charge in [0.25, 0.3) is 5.91 Å². The van der Waals surface area contributed by atoms with Crippen molar-refractivity contribution in [3.8, 4) is 0 Å². The summed E-state index contributed by atoms with van der Waals surface area (Å²) in [4.78, 5) is 16.0. The maximum atomic E-state index is 13.0. The zero-order valence-electron chi connectivity index (χ0n) is 9.68. The molecular weight excluding hydrogens is 253 g/mol. The average Bonchev–Trinajstić information content (AvgIpc) is 2.86. The van der Waals surface area contributed by atoms with Gasteiger partial charge in [0, 0.05) is 17.1 Å². The Bertz CT molecular complexity index is 556. The van der Waals surface area contributed by atoms with Crippen molar-refractivity contribution in [2.45, 2.75) is 13.0 Å². The highest BCUT2D eigenvalue weighted by Crippen LogP contribution is 2.17. The van der Waals surface area contributed by atoms with Gasteiger partial charge in [-0.15, -0.1) is 11.3 Å². The van der Waals surface area contributed by atoms with E-state index in [4.69, 9.17) is 5.73 Å². The van der Waals surface area contributed by atoms with Gasteiger partial charge < -0.3 is 11.1 Å². The summed E-state index contributed by atoms with van der Waals surface area (Å²) in [6.07, 6.45) is 1.68. The number of hydrogen-bond acceptors (Lipinski definition) is 4. The molecule has 1 aromatic carbocycles. The minimum Gasteiger partial charge on any atom is -0.396 e. The predicted molar refractivity (Wildman–Crippen MR) is 68.8 cm³/mol. The molecule has 0 radical (unpaired) electrons. The van der Waals surface area contributed by atoms with Crippen molar-refractivity contribution in [1.29, 1.82) is 0 Å². The molecule has 1 unspecified atom stereocenters. The number of halogens is 1. The molecule has 2 aromatic rings. The van der Waals surface area contributed by atoms with Crippen LogP contribution >= 0.6 is 11.3 Å². The number of nitrogens with zero attached hydrogens (tertiary/aromatic N) is 1. The summed E-state index contributed by atoms with van der Waals surface area (Å²) in [6, 6.07) is 3.71. The van der Waals surface area contributed by atoms with Crippen molar-refractivity contribution < 1.29 is 9.18 Å². The molecule has 0 spiro atoms. The van der Waals surface area contributed by atoms with E-state index in [1.807, 2.05) is 12.3 Å². The van der Waals surface area contributed by atoms with E-state index < -0.39 is 5.82 Å². The van der Waals surface area contributed by atoms with Crippen LogP contribution in [0.25, 0.3) is 0 Å². The number of nitrogens with two attached hydrogens (primary N) is 1. The van der Waals surface area contributed by atoms with Crippen LogP contribution in [0, 0.1) is 5.82 Å². The smallest absolute Gasteiger partial charge is 0.251 e. The first-order chi connectivity index (χ1) is 8.58. The van der Waals surface area contributed by atoms with Crippen LogP contribution in [0.4, 0.5) is 10.1 Å². The van der Waals surface area contributed by atoms with Crippen LogP contribution in [0.15, 0.2) is 29.8 Å². The number of thiazole rings is 1. The fourth-order valence-corrected chi connectivity index (χ4v) is 2.12. The Morgan fingerprint density at radius 3 is 2.94 bits per heavy atom. The first-order valence-corrected chi connectivity index (χ1v) is 6.21. The number of aromatic nitrogens is 1. The predicted octanol–water partition coefficient (Wildman–Crippen LogP) is 2.36. The molecule has 2 rings (SSSR count). The maximum Gasteiger partial charge on any atom is 0.251 e. The summed E-state index contributed by atoms with van der Waals surface area (Å²) in [7, 11) is 0. The highest BCUT2D eigenvalue weighted by molar-refractivity contribution is 7.09. The zero-order chi connectivity index (χ0) is 13.1. The van der Waals surface area contributed by atoms with Crippen molar-refractivity contribution in [1.82, 2.24) is 10.3 Å². The third kappa shape index (κ3) is 2.65. The number of carbonyl (C=O) groups excluding carboxylic acids is 1. The molecule has 0 saturated carbocycles. The van der Waals surface area contributed by atoms with E-state index in [1.165, 1.54) is 29.5 Å². The van der Waals surface area contributed by atoms with Crippen molar-refractivity contribution in [3.63, 3.8) is 0 Å². The molecule has 1 atom stereocenters. The first-order valence-electron chi connectivity index (χ1n) is 5.33. The van der Waals surface area contributed by atoms with Crippen LogP contribution in [-0.2, 0) is 0 Å². The molecular formula is C12H12FN3OS. The number of rotatable bonds is 3. The number of nitrogens with one attached hydrogen (secondary N) is 1. The average molecular weight is 265 g/mol. The van der Waals surface area contributed by atoms with Crippen molar-refractivity contribution in [3.05, 3.63) is 46.2 Å². The Morgan fingerprint density at radius 1 is 1.56 bits per heavy atom. The number of hydrogen-bond donors (Lipinski definition) is 2. The van der Waals surface area contributed by atoms with Crippen LogP contribution in [0.5, 0.6) is 0 Å². The molecule has 0 aliphatic heterocycles. The maximum absolute atomic E-state index is 13.0. The van der Waals surface area contributed by atoms with Crippen LogP contribution in [0.3, 0.4) is 0 Å². The largest absolute Gasteiger partial charge is 0.396 e. The van der Waals surface area contributed by atoms with E-state index in [1.54, 1.807) is 6.20 Å². The summed E-state index contributed by atoms with van der Waals surface area (Å²) in [6.45, 7) is 1.84. The highest BCUT2D eigenvalue weighted by Gasteiger charge is 2.14. The standard InChI is InChI=1S/C12H12FN3OS/c1-7(12-15-4-5-18-12)16-11(17)8-2-3-9(13)10(14)6-8/h2-7H,14H2,1H3,(H,16,17). The zero-order valence-corrected chi connectivity index (χ0v) is 10.5. The molecule has 0 bridgehead atoms. The van der Waals surface area contributed by atoms with Gasteiger partial charge in [-0.3, -0.25) is 4.79 Å². The molecule has 0 aliphatic rings. The second-order valence-electron chi connectivity index (χ2n) is 3.80. The third-order valence-corrected chi connectivity index (χ3v) is 3.39. The Balaban J connectivity index is 2.10. The molecule has 94 valence electrons. The lowest BCUT2D eigenvalue weighted by Gasteiger charge is -2.11. The first kappa shape index (κ1) is 12.5. The lowest BCUT2D eigenvalue weighted by Crippen LogP contribution is -2.26. The Hall–Kier alpha value is -1.95. The molecule has 4 nitrogen and oxygen atoms in total. The number of nitrogen functional groups attached to an aromatic ring is 1. The summed E-state index contributed by atoms with van der Waals surface area (Å²) < 4.78 is 13.0. The number of amides is 1. The lowest BCUT2D eigenvalue weighted by molar-refractivity contribution is 0.0940. The van der Waals surface area contributed by atoms with Gasteiger partial charge in [-0.25, -0.2) is 9.37 Å². The van der Waals surface area contributed by atoms with Gasteiger partial charge in [0.2, 0.25) is 0 Å². The van der Waals surface area contributed by atoms with Crippen molar-refractivity contribution >= 4 is 22.9 Å². The molecule has 0 aliphatic carbocycles. The van der Waals surface area contributed by atoms with Gasteiger partial charge in [-0.1, -0.05) is 0 Å². The van der Waals surface area contributed by atoms with Gasteiger partial charge in [0.1, 0.15) is 10.8 Å². The van der Waals surface area contributed by atoms with Gasteiger partial charge in [0.05, 0.1) is 11.7 Å². The minimum atomic E-state index is -0.528. The van der Waals surface area contributed by atoms with Gasteiger partial charge in [-0.05, 0) is 25.1 Å². The van der Waals surface area contributed by atoms with E-state index in [9.17, 15) is 9.18 Å². The van der Waals surface area contributed by atoms with Crippen LogP contribution in [0.2, 0.25) is 0 Å². The summed E-state index contributed by atoms with van der Waals surface area (Å²) in [5.41, 5.74) is 5.71. The Labute approximate surface area is 108 Å². The highest BCUT2D eigenvalue weighted by atomic mass is 32.1. The van der Waals surface area contributed by atoms with E-state index in [0.29, 0.717) is 5.56 Å². The number of benzene rings is 1. The molecule has 1 amide bonds. The van der Waals surface area contributed by atoms with Crippen LogP contribution in [0.1, 0.15) is 28.3 Å². The third-order valence-electron chi connectivity index (χ3n) is 2.43. The quantitative estimate of drug-likeness (QED) is 0.837. The van der Waals surface area contributed by atoms with Crippen molar-refractivity contribution in [2.75, 3.05) is 5.73 Å². The fraction of sp³-hybridized carbons (Fsp3) is 0.167. The molecule has 0 fully saturated rings. The molecule has 3 N–H and O–H groups in total. The van der Waals surface area contributed by atoms with E-state index in [0.717, 1.165) is 5.01 Å². The Morgan fingerprint density at radius 2 is 2.33 bits per heavy atom. The van der Waals surface area contributed by atoms with E-state index in [2.05, 4.69) is 10.3 Å². The lowest BCUT2D eigenvalue weighted by atomic mass is 10.1. The van der Waals surface area contributed by atoms with Gasteiger partial charge in [0.15, 0.2) is 0 Å². The summed E-state index contributed by atoms with van der Waals surface area (Å²) in [5.74, 6) is -0.830. The van der Waals surface area contributed by atoms with E-state index in [-0.39, 0.29) is 17.6 Å². The summed E-state index contributed by atoms with van der Waals surface area (Å²) >= 11 is 1.46. The molecule has 18 heavy (non-hydrogen) atoms. The minimum absolute atomic E-state index is 0.0375. The van der Waals surface area contributed by atoms with Crippen LogP contribution in [-0.4, -0.2) is 10.9 Å². The molecule has 1 heterocycles. The van der Waals surface area contributed by atoms with Gasteiger partial charge in [-0.2, -0.15) is 0 Å². The number of carbonyl (C=O) groups is 1.